The van der Waals surface area contributed by atoms with E-state index in [1.807, 2.05) is 13.8 Å². The van der Waals surface area contributed by atoms with Gasteiger partial charge in [0.25, 0.3) is 0 Å². The first-order chi connectivity index (χ1) is 4.68. The molecule has 0 spiro atoms. The molecule has 13 heavy (non-hydrogen) atoms. The quantitative estimate of drug-likeness (QED) is 0.597. The van der Waals surface area contributed by atoms with Gasteiger partial charge in [0, 0.05) is 75.5 Å². The van der Waals surface area contributed by atoms with Crippen LogP contribution in [0.1, 0.15) is 68.7 Å². The van der Waals surface area contributed by atoms with Crippen LogP contribution in [-0.2, 0) is 0 Å². The molecule has 0 N–H and O–H groups in total. The molecule has 0 aromatic heterocycles. The standard InChI is InChI=1S/C5H12.C3H8.C2H6.CH4.2Ar/c1-4-5(2)3;1-3-2;1-2;;;/h5H,4H2,1-3H3;3H2,1-2H3;1-2H3;1H4;;. The van der Waals surface area contributed by atoms with Gasteiger partial charge in [-0.25, -0.2) is 0 Å². The number of hydrogen-bond acceptors (Lipinski definition) is 0. The van der Waals surface area contributed by atoms with Crippen LogP contribution in [0, 0.1) is 81.4 Å². The van der Waals surface area contributed by atoms with Crippen LogP contribution in [0.2, 0.25) is 0 Å². The van der Waals surface area contributed by atoms with Gasteiger partial charge >= 0.3 is 0 Å². The fraction of sp³-hybridized carbons (Fsp3) is 1.00. The molecule has 0 aliphatic rings. The summed E-state index contributed by atoms with van der Waals surface area (Å²) in [7, 11) is 0. The maximum atomic E-state index is 2.22. The first-order valence-electron chi connectivity index (χ1n) is 4.68. The van der Waals surface area contributed by atoms with Crippen molar-refractivity contribution in [1.82, 2.24) is 0 Å². The van der Waals surface area contributed by atoms with Gasteiger partial charge in [0.05, 0.1) is 0 Å². The predicted molar refractivity (Wildman–Crippen MR) is 59.2 cm³/mol. The molecule has 0 nitrogen and oxygen atoms in total. The van der Waals surface area contributed by atoms with Crippen LogP contribution in [0.3, 0.4) is 0 Å². The van der Waals surface area contributed by atoms with E-state index in [9.17, 15) is 0 Å². The Bertz CT molecular complexity index is 29.3. The molecule has 0 rings (SSSR count). The summed E-state index contributed by atoms with van der Waals surface area (Å²) in [6.45, 7) is 14.9. The van der Waals surface area contributed by atoms with Crippen molar-refractivity contribution < 1.29 is 75.5 Å². The molecule has 90 valence electrons. The molecule has 0 bridgehead atoms. The van der Waals surface area contributed by atoms with Gasteiger partial charge in [0.2, 0.25) is 0 Å². The van der Waals surface area contributed by atoms with E-state index in [0.29, 0.717) is 0 Å². The molecule has 0 aromatic rings. The summed E-state index contributed by atoms with van der Waals surface area (Å²) in [5, 5.41) is 0. The zero-order valence-electron chi connectivity index (χ0n) is 9.70. The summed E-state index contributed by atoms with van der Waals surface area (Å²) in [6, 6.07) is 0. The van der Waals surface area contributed by atoms with Gasteiger partial charge < -0.3 is 0 Å². The van der Waals surface area contributed by atoms with E-state index in [0.717, 1.165) is 5.92 Å². The van der Waals surface area contributed by atoms with Crippen LogP contribution < -0.4 is 0 Å². The second kappa shape index (κ2) is 46.9. The van der Waals surface area contributed by atoms with Gasteiger partial charge in [-0.3, -0.25) is 0 Å². The molecular formula is C11H30Ar2. The van der Waals surface area contributed by atoms with Crippen LogP contribution in [0.25, 0.3) is 0 Å². The normalized spacial score (nSPS) is 5.54. The van der Waals surface area contributed by atoms with Gasteiger partial charge in [-0.2, -0.15) is 0 Å². The minimum atomic E-state index is 0. The first-order valence-corrected chi connectivity index (χ1v) is 4.68. The van der Waals surface area contributed by atoms with Crippen LogP contribution in [0.15, 0.2) is 0 Å². The van der Waals surface area contributed by atoms with Crippen molar-refractivity contribution >= 4 is 0 Å². The number of rotatable bonds is 1. The molecule has 0 amide bonds. The molecule has 0 saturated heterocycles. The zero-order chi connectivity index (χ0) is 8.99. The van der Waals surface area contributed by atoms with Gasteiger partial charge in [-0.05, 0) is 5.92 Å². The van der Waals surface area contributed by atoms with Crippen LogP contribution in [-0.4, -0.2) is 0 Å². The van der Waals surface area contributed by atoms with E-state index in [2.05, 4.69) is 34.6 Å². The summed E-state index contributed by atoms with van der Waals surface area (Å²) >= 11 is 0. The van der Waals surface area contributed by atoms with E-state index >= 15 is 0 Å². The molecule has 0 unspecified atom stereocenters. The van der Waals surface area contributed by atoms with Crippen molar-refractivity contribution in [3.05, 3.63) is 0 Å². The summed E-state index contributed by atoms with van der Waals surface area (Å²) in [4.78, 5) is 0. The van der Waals surface area contributed by atoms with Crippen LogP contribution >= 0.6 is 0 Å². The Kier molecular flexibility index (Phi) is 130. The average molecular weight is 242 g/mol. The van der Waals surface area contributed by atoms with E-state index in [1.54, 1.807) is 0 Å². The van der Waals surface area contributed by atoms with Crippen LogP contribution in [0.5, 0.6) is 0 Å². The second-order valence-corrected chi connectivity index (χ2v) is 2.51. The predicted octanol–water partition coefficient (Wildman–Crippen LogP) is 5.13. The molecule has 0 heterocycles. The van der Waals surface area contributed by atoms with Gasteiger partial charge in [0.15, 0.2) is 0 Å². The average Bonchev–Trinajstić information content (AvgIpc) is 1.94. The summed E-state index contributed by atoms with van der Waals surface area (Å²) < 4.78 is 0. The summed E-state index contributed by atoms with van der Waals surface area (Å²) in [5.41, 5.74) is 0. The Labute approximate surface area is 148 Å². The topological polar surface area (TPSA) is 0 Å². The van der Waals surface area contributed by atoms with E-state index in [4.69, 9.17) is 0 Å². The van der Waals surface area contributed by atoms with Crippen molar-refractivity contribution in [2.24, 2.45) is 5.92 Å². The van der Waals surface area contributed by atoms with Crippen molar-refractivity contribution in [1.29, 1.82) is 0 Å². The minimum Gasteiger partial charge on any atom is -0.0776 e. The molecule has 0 aromatic carbocycles. The number of hydrogen-bond donors (Lipinski definition) is 0. The Morgan fingerprint density at radius 1 is 0.846 bits per heavy atom. The molecule has 0 saturated carbocycles. The van der Waals surface area contributed by atoms with E-state index in [-0.39, 0.29) is 82.9 Å². The third-order valence-electron chi connectivity index (χ3n) is 0.816. The Balaban J connectivity index is -0.0000000138. The van der Waals surface area contributed by atoms with Crippen molar-refractivity contribution in [2.75, 3.05) is 0 Å². The minimum absolute atomic E-state index is 0. The molecule has 0 fully saturated rings. The molecule has 0 atom stereocenters. The monoisotopic (exact) mass is 242 g/mol. The van der Waals surface area contributed by atoms with Crippen molar-refractivity contribution in [3.8, 4) is 0 Å². The smallest absolute Gasteiger partial charge is 0 e. The Morgan fingerprint density at radius 2 is 0.923 bits per heavy atom. The van der Waals surface area contributed by atoms with E-state index in [1.165, 1.54) is 12.8 Å². The van der Waals surface area contributed by atoms with Gasteiger partial charge in [-0.1, -0.05) is 68.7 Å². The Hall–Kier alpha value is 2.52. The second-order valence-electron chi connectivity index (χ2n) is 2.51. The molecular weight excluding hydrogens is 212 g/mol. The maximum Gasteiger partial charge on any atom is 0 e. The summed E-state index contributed by atoms with van der Waals surface area (Å²) in [6.07, 6.45) is 2.56. The third kappa shape index (κ3) is 111. The van der Waals surface area contributed by atoms with Crippen molar-refractivity contribution in [2.45, 2.75) is 68.7 Å². The molecule has 2 heteroatoms. The first kappa shape index (κ1) is 36.1. The molecule has 0 aliphatic carbocycles. The molecule has 0 aliphatic heterocycles. The Morgan fingerprint density at radius 3 is 0.923 bits per heavy atom. The molecule has 0 radical (unpaired) electrons. The van der Waals surface area contributed by atoms with Gasteiger partial charge in [-0.15, -0.1) is 0 Å². The third-order valence-corrected chi connectivity index (χ3v) is 0.816. The van der Waals surface area contributed by atoms with Gasteiger partial charge in [0.1, 0.15) is 0 Å². The maximum absolute atomic E-state index is 2.22. The SMILES string of the molecule is C.CC.CCC.CCC(C)C.[Ar].[Ar]. The summed E-state index contributed by atoms with van der Waals surface area (Å²) in [5.74, 6) is 0.884. The van der Waals surface area contributed by atoms with Crippen molar-refractivity contribution in [3.63, 3.8) is 0 Å². The fourth-order valence-electron chi connectivity index (χ4n) is 0. The largest absolute Gasteiger partial charge is 0.0776 e. The van der Waals surface area contributed by atoms with Crippen LogP contribution in [0.4, 0.5) is 0 Å². The van der Waals surface area contributed by atoms with E-state index < -0.39 is 0 Å². The fourth-order valence-corrected chi connectivity index (χ4v) is 0. The zero-order valence-corrected chi connectivity index (χ0v) is 11.1.